The van der Waals surface area contributed by atoms with Crippen LogP contribution in [-0.4, -0.2) is 58.1 Å². The number of rotatable bonds is 8. The second-order valence-corrected chi connectivity index (χ2v) is 15.1. The summed E-state index contributed by atoms with van der Waals surface area (Å²) in [6.45, 7) is 3.87. The minimum absolute atomic E-state index is 0.0490. The molecule has 12 heteroatoms. The molecule has 2 amide bonds. The molecule has 2 atom stereocenters. The van der Waals surface area contributed by atoms with Gasteiger partial charge in [0.25, 0.3) is 0 Å². The number of nitrogens with zero attached hydrogens (tertiary/aromatic N) is 4. The van der Waals surface area contributed by atoms with Gasteiger partial charge in [-0.05, 0) is 68.0 Å². The first-order valence-electron chi connectivity index (χ1n) is 14.3. The lowest BCUT2D eigenvalue weighted by Crippen LogP contribution is -2.51. The van der Waals surface area contributed by atoms with E-state index in [1.807, 2.05) is 18.4 Å². The van der Waals surface area contributed by atoms with Crippen molar-refractivity contribution >= 4 is 44.9 Å². The Morgan fingerprint density at radius 3 is 2.37 bits per heavy atom. The third-order valence-corrected chi connectivity index (χ3v) is 11.7. The Morgan fingerprint density at radius 2 is 1.79 bits per heavy atom. The molecule has 224 valence electrons. The molecular formula is C31H31Cl2N5O4S. The Labute approximate surface area is 260 Å². The number of nitriles is 1. The number of aromatic nitrogens is 2. The molecule has 2 saturated carbocycles. The number of likely N-dealkylation sites (tertiary alicyclic amines) is 1. The van der Waals surface area contributed by atoms with Crippen LogP contribution in [0.1, 0.15) is 63.3 Å². The first kappa shape index (κ1) is 29.7. The average molecular weight is 641 g/mol. The van der Waals surface area contributed by atoms with Crippen LogP contribution in [0.25, 0.3) is 5.69 Å². The molecule has 1 N–H and O–H groups in total. The third-order valence-electron chi connectivity index (χ3n) is 8.83. The molecular weight excluding hydrogens is 609 g/mol. The maximum absolute atomic E-state index is 14.1. The number of nitrogens with one attached hydrogen (secondary N) is 1. The molecule has 3 aromatic rings. The molecule has 6 rings (SSSR count). The topological polar surface area (TPSA) is 125 Å². The van der Waals surface area contributed by atoms with Crippen LogP contribution in [0.3, 0.4) is 0 Å². The zero-order valence-electron chi connectivity index (χ0n) is 23.8. The molecule has 1 aliphatic heterocycles. The van der Waals surface area contributed by atoms with Gasteiger partial charge in [0.1, 0.15) is 17.4 Å². The van der Waals surface area contributed by atoms with Crippen molar-refractivity contribution in [1.29, 1.82) is 5.26 Å². The molecule has 2 aliphatic carbocycles. The molecule has 9 nitrogen and oxygen atoms in total. The van der Waals surface area contributed by atoms with E-state index >= 15 is 0 Å². The number of imidazole rings is 1. The van der Waals surface area contributed by atoms with Crippen LogP contribution in [-0.2, 0) is 24.8 Å². The van der Waals surface area contributed by atoms with Gasteiger partial charge in [0.2, 0.25) is 11.8 Å². The zero-order valence-corrected chi connectivity index (χ0v) is 26.1. The van der Waals surface area contributed by atoms with Crippen LogP contribution in [0.15, 0.2) is 59.8 Å². The largest absolute Gasteiger partial charge is 0.336 e. The van der Waals surface area contributed by atoms with Gasteiger partial charge in [-0.3, -0.25) is 9.59 Å². The molecule has 2 heterocycles. The summed E-state index contributed by atoms with van der Waals surface area (Å²) in [4.78, 5) is 33.4. The first-order valence-corrected chi connectivity index (χ1v) is 16.6. The van der Waals surface area contributed by atoms with Crippen molar-refractivity contribution in [3.05, 3.63) is 76.3 Å². The zero-order chi connectivity index (χ0) is 30.7. The number of amides is 2. The van der Waals surface area contributed by atoms with Crippen molar-refractivity contribution in [3.8, 4) is 11.8 Å². The van der Waals surface area contributed by atoms with Gasteiger partial charge in [-0.25, -0.2) is 13.4 Å². The maximum Gasteiger partial charge on any atom is 0.244 e. The average Bonchev–Trinajstić information content (AvgIpc) is 3.83. The van der Waals surface area contributed by atoms with Gasteiger partial charge < -0.3 is 14.8 Å². The van der Waals surface area contributed by atoms with E-state index in [1.54, 1.807) is 48.8 Å². The number of hydrogen-bond donors (Lipinski definition) is 1. The van der Waals surface area contributed by atoms with Crippen molar-refractivity contribution in [2.24, 2.45) is 0 Å². The summed E-state index contributed by atoms with van der Waals surface area (Å²) < 4.78 is 30.0. The monoisotopic (exact) mass is 639 g/mol. The van der Waals surface area contributed by atoms with E-state index in [-0.39, 0.29) is 34.7 Å². The summed E-state index contributed by atoms with van der Waals surface area (Å²) >= 11 is 12.7. The summed E-state index contributed by atoms with van der Waals surface area (Å²) in [7, 11) is -4.06. The van der Waals surface area contributed by atoms with Gasteiger partial charge in [-0.15, -0.1) is 0 Å². The molecule has 43 heavy (non-hydrogen) atoms. The predicted molar refractivity (Wildman–Crippen MR) is 162 cm³/mol. The van der Waals surface area contributed by atoms with Gasteiger partial charge in [0, 0.05) is 35.6 Å². The fraction of sp³-hybridized carbons (Fsp3) is 0.419. The number of halogens is 2. The highest BCUT2D eigenvalue weighted by molar-refractivity contribution is 7.92. The molecule has 1 saturated heterocycles. The first-order chi connectivity index (χ1) is 20.4. The highest BCUT2D eigenvalue weighted by Crippen LogP contribution is 2.51. The molecule has 3 aliphatic rings. The van der Waals surface area contributed by atoms with Crippen molar-refractivity contribution in [1.82, 2.24) is 19.8 Å². The second kappa shape index (κ2) is 10.7. The van der Waals surface area contributed by atoms with Gasteiger partial charge in [-0.1, -0.05) is 49.2 Å². The van der Waals surface area contributed by atoms with Gasteiger partial charge in [0.05, 0.1) is 26.7 Å². The quantitative estimate of drug-likeness (QED) is 0.372. The number of hydrogen-bond acceptors (Lipinski definition) is 6. The van der Waals surface area contributed by atoms with E-state index in [2.05, 4.69) is 16.4 Å². The van der Waals surface area contributed by atoms with Crippen LogP contribution in [0.2, 0.25) is 10.0 Å². The van der Waals surface area contributed by atoms with Crippen molar-refractivity contribution in [3.63, 3.8) is 0 Å². The molecule has 0 bridgehead atoms. The summed E-state index contributed by atoms with van der Waals surface area (Å²) in [5.41, 5.74) is -0.346. The van der Waals surface area contributed by atoms with Crippen molar-refractivity contribution < 1.29 is 18.0 Å². The Kier molecular flexibility index (Phi) is 7.35. The molecule has 2 unspecified atom stereocenters. The normalized spacial score (nSPS) is 21.8. The van der Waals surface area contributed by atoms with Crippen molar-refractivity contribution in [2.45, 2.75) is 79.0 Å². The molecule has 0 spiro atoms. The number of carbonyl (C=O) groups excluding carboxylic acids is 2. The van der Waals surface area contributed by atoms with Crippen LogP contribution in [0.4, 0.5) is 0 Å². The Hall–Kier alpha value is -3.39. The van der Waals surface area contributed by atoms with Gasteiger partial charge in [0.15, 0.2) is 9.84 Å². The molecule has 0 radical (unpaired) electrons. The lowest BCUT2D eigenvalue weighted by atomic mass is 9.94. The summed E-state index contributed by atoms with van der Waals surface area (Å²) in [5.74, 6) is 0.142. The second-order valence-electron chi connectivity index (χ2n) is 12.1. The Morgan fingerprint density at radius 1 is 1.09 bits per heavy atom. The predicted octanol–water partition coefficient (Wildman–Crippen LogP) is 4.95. The van der Waals surface area contributed by atoms with Crippen LogP contribution in [0.5, 0.6) is 0 Å². The smallest absolute Gasteiger partial charge is 0.244 e. The van der Waals surface area contributed by atoms with E-state index in [1.165, 1.54) is 11.0 Å². The highest BCUT2D eigenvalue weighted by Gasteiger charge is 2.58. The minimum Gasteiger partial charge on any atom is -0.336 e. The summed E-state index contributed by atoms with van der Waals surface area (Å²) in [6, 6.07) is 12.9. The van der Waals surface area contributed by atoms with Crippen LogP contribution in [0, 0.1) is 11.3 Å². The minimum atomic E-state index is -4.06. The van der Waals surface area contributed by atoms with Crippen LogP contribution >= 0.6 is 23.2 Å². The van der Waals surface area contributed by atoms with E-state index in [9.17, 15) is 23.3 Å². The van der Waals surface area contributed by atoms with E-state index < -0.39 is 38.0 Å². The summed E-state index contributed by atoms with van der Waals surface area (Å²) in [5, 5.41) is 11.9. The fourth-order valence-corrected chi connectivity index (χ4v) is 8.37. The van der Waals surface area contributed by atoms with E-state index in [0.29, 0.717) is 36.4 Å². The van der Waals surface area contributed by atoms with E-state index in [0.717, 1.165) is 11.4 Å². The lowest BCUT2D eigenvalue weighted by Gasteiger charge is -2.29. The maximum atomic E-state index is 14.1. The fourth-order valence-electron chi connectivity index (χ4n) is 6.01. The van der Waals surface area contributed by atoms with Gasteiger partial charge in [-0.2, -0.15) is 5.26 Å². The SMILES string of the molecule is CC(C)c1nccn1-c1ccc(S(=O)(=O)C2CC(C(=O)NC3(C#N)CC3)N(C(=O)C3(c4ccc(Cl)cc4)CC3)C2)c(Cl)c1. The third kappa shape index (κ3) is 5.22. The highest BCUT2D eigenvalue weighted by atomic mass is 35.5. The number of carbonyl (C=O) groups is 2. The molecule has 2 aromatic carbocycles. The van der Waals surface area contributed by atoms with E-state index in [4.69, 9.17) is 23.2 Å². The van der Waals surface area contributed by atoms with Crippen LogP contribution < -0.4 is 5.32 Å². The molecule has 3 fully saturated rings. The summed E-state index contributed by atoms with van der Waals surface area (Å²) in [6.07, 6.45) is 5.57. The standard InChI is InChI=1S/C31H31Cl2N5O4S/c1-19(2)27-35-13-14-37(27)22-7-8-26(24(33)15-22)43(41,42)23-16-25(28(39)36-30(18-34)9-10-30)38(17-23)29(40)31(11-12-31)20-3-5-21(32)6-4-20/h3-8,13-15,19,23,25H,9-12,16-17H2,1-2H3,(H,36,39). The number of benzene rings is 2. The lowest BCUT2D eigenvalue weighted by molar-refractivity contribution is -0.140. The van der Waals surface area contributed by atoms with Gasteiger partial charge >= 0.3 is 0 Å². The number of sulfone groups is 1. The molecule has 1 aromatic heterocycles. The van der Waals surface area contributed by atoms with Crippen molar-refractivity contribution in [2.75, 3.05) is 6.54 Å². The Bertz CT molecular complexity index is 1750. The Balaban J connectivity index is 1.31.